The molecular weight excluding hydrogens is 386 g/mol. The summed E-state index contributed by atoms with van der Waals surface area (Å²) in [7, 11) is 0. The first kappa shape index (κ1) is 19.8. The molecule has 1 saturated heterocycles. The molecule has 1 unspecified atom stereocenters. The average molecular weight is 409 g/mol. The maximum absolute atomic E-state index is 12.8. The first-order chi connectivity index (χ1) is 14.5. The highest BCUT2D eigenvalue weighted by atomic mass is 16.5. The van der Waals surface area contributed by atoms with E-state index in [0.29, 0.717) is 49.8 Å². The summed E-state index contributed by atoms with van der Waals surface area (Å²) in [5, 5.41) is 5.64. The van der Waals surface area contributed by atoms with Crippen molar-refractivity contribution in [3.63, 3.8) is 0 Å². The molecule has 0 bridgehead atoms. The Morgan fingerprint density at radius 3 is 2.93 bits per heavy atom. The minimum absolute atomic E-state index is 0.167. The van der Waals surface area contributed by atoms with Crippen molar-refractivity contribution in [2.24, 2.45) is 0 Å². The first-order valence-electron chi connectivity index (χ1n) is 9.83. The number of nitrogens with zero attached hydrogens (tertiary/aromatic N) is 2. The Balaban J connectivity index is 1.34. The van der Waals surface area contributed by atoms with Crippen molar-refractivity contribution in [3.8, 4) is 5.75 Å². The molecule has 9 heteroatoms. The van der Waals surface area contributed by atoms with Gasteiger partial charge in [-0.3, -0.25) is 19.7 Å². The number of anilines is 1. The maximum Gasteiger partial charge on any atom is 0.255 e. The van der Waals surface area contributed by atoms with Crippen LogP contribution in [0.5, 0.6) is 5.75 Å². The molecule has 3 heterocycles. The Morgan fingerprint density at radius 1 is 1.27 bits per heavy atom. The molecule has 156 valence electrons. The van der Waals surface area contributed by atoms with Gasteiger partial charge in [-0.05, 0) is 29.7 Å². The van der Waals surface area contributed by atoms with Gasteiger partial charge in [0, 0.05) is 43.9 Å². The van der Waals surface area contributed by atoms with Crippen LogP contribution in [0.15, 0.2) is 36.5 Å². The van der Waals surface area contributed by atoms with E-state index in [1.165, 1.54) is 0 Å². The van der Waals surface area contributed by atoms with Gasteiger partial charge in [-0.15, -0.1) is 0 Å². The van der Waals surface area contributed by atoms with Crippen LogP contribution in [0.2, 0.25) is 0 Å². The Hall–Kier alpha value is -3.46. The molecule has 4 N–H and O–H groups in total. The number of ether oxygens (including phenoxy) is 1. The Labute approximate surface area is 173 Å². The normalized spacial score (nSPS) is 18.3. The number of nitrogens with two attached hydrogens (primary N) is 1. The number of amides is 3. The van der Waals surface area contributed by atoms with E-state index in [0.717, 1.165) is 11.1 Å². The zero-order chi connectivity index (χ0) is 21.1. The summed E-state index contributed by atoms with van der Waals surface area (Å²) in [5.74, 6) is 0.212. The third kappa shape index (κ3) is 4.11. The lowest BCUT2D eigenvalue weighted by atomic mass is 10.0. The van der Waals surface area contributed by atoms with Crippen LogP contribution in [0.25, 0.3) is 0 Å². The fraction of sp³-hybridized carbons (Fsp3) is 0.333. The van der Waals surface area contributed by atoms with Gasteiger partial charge in [-0.25, -0.2) is 4.98 Å². The summed E-state index contributed by atoms with van der Waals surface area (Å²) >= 11 is 0. The summed E-state index contributed by atoms with van der Waals surface area (Å²) < 4.78 is 5.63. The molecule has 3 amide bonds. The summed E-state index contributed by atoms with van der Waals surface area (Å²) in [6.07, 6.45) is 2.19. The van der Waals surface area contributed by atoms with Gasteiger partial charge in [-0.1, -0.05) is 12.1 Å². The first-order valence-corrected chi connectivity index (χ1v) is 9.83. The number of carbonyl (C=O) groups excluding carboxylic acids is 3. The summed E-state index contributed by atoms with van der Waals surface area (Å²) in [6, 6.07) is 8.40. The highest BCUT2D eigenvalue weighted by Crippen LogP contribution is 2.29. The molecule has 2 aliphatic rings. The van der Waals surface area contributed by atoms with Gasteiger partial charge in [-0.2, -0.15) is 0 Å². The highest BCUT2D eigenvalue weighted by Gasteiger charge is 2.39. The molecule has 0 aliphatic carbocycles. The number of carbonyl (C=O) groups is 3. The molecule has 1 fully saturated rings. The molecule has 1 aromatic heterocycles. The van der Waals surface area contributed by atoms with Gasteiger partial charge in [0.15, 0.2) is 0 Å². The Bertz CT molecular complexity index is 993. The summed E-state index contributed by atoms with van der Waals surface area (Å²) in [6.45, 7) is 2.00. The van der Waals surface area contributed by atoms with Crippen molar-refractivity contribution in [2.75, 3.05) is 18.9 Å². The lowest BCUT2D eigenvalue weighted by Crippen LogP contribution is -2.52. The van der Waals surface area contributed by atoms with Crippen LogP contribution in [0.1, 0.15) is 34.3 Å². The average Bonchev–Trinajstić information content (AvgIpc) is 3.05. The molecule has 2 aliphatic heterocycles. The van der Waals surface area contributed by atoms with E-state index in [4.69, 9.17) is 10.5 Å². The number of nitrogens with one attached hydrogen (secondary N) is 2. The quantitative estimate of drug-likeness (QED) is 0.451. The predicted molar refractivity (Wildman–Crippen MR) is 108 cm³/mol. The molecule has 1 atom stereocenters. The van der Waals surface area contributed by atoms with Crippen molar-refractivity contribution in [3.05, 3.63) is 53.2 Å². The van der Waals surface area contributed by atoms with Gasteiger partial charge in [0.1, 0.15) is 24.2 Å². The van der Waals surface area contributed by atoms with Gasteiger partial charge in [0.25, 0.3) is 5.91 Å². The van der Waals surface area contributed by atoms with Crippen LogP contribution in [0, 0.1) is 0 Å². The number of imide groups is 1. The second-order valence-corrected chi connectivity index (χ2v) is 7.28. The zero-order valence-corrected chi connectivity index (χ0v) is 16.4. The Kier molecular flexibility index (Phi) is 5.62. The van der Waals surface area contributed by atoms with Gasteiger partial charge < -0.3 is 20.7 Å². The van der Waals surface area contributed by atoms with E-state index in [1.807, 2.05) is 12.1 Å². The van der Waals surface area contributed by atoms with Crippen LogP contribution in [0.4, 0.5) is 5.82 Å². The largest absolute Gasteiger partial charge is 0.492 e. The van der Waals surface area contributed by atoms with E-state index < -0.39 is 11.9 Å². The van der Waals surface area contributed by atoms with E-state index >= 15 is 0 Å². The van der Waals surface area contributed by atoms with Crippen LogP contribution in [-0.2, 0) is 22.7 Å². The number of hydrogen-bond donors (Lipinski definition) is 3. The molecule has 0 saturated carbocycles. The number of fused-ring (bicyclic) bond motifs is 1. The van der Waals surface area contributed by atoms with Crippen molar-refractivity contribution >= 4 is 23.5 Å². The van der Waals surface area contributed by atoms with Gasteiger partial charge in [0.05, 0.1) is 0 Å². The lowest BCUT2D eigenvalue weighted by molar-refractivity contribution is -0.136. The van der Waals surface area contributed by atoms with E-state index in [2.05, 4.69) is 15.6 Å². The molecule has 2 aromatic rings. The molecule has 4 rings (SSSR count). The highest BCUT2D eigenvalue weighted by molar-refractivity contribution is 6.05. The number of piperidine rings is 1. The number of rotatable bonds is 7. The third-order valence-electron chi connectivity index (χ3n) is 5.29. The molecule has 1 aromatic carbocycles. The Morgan fingerprint density at radius 2 is 2.13 bits per heavy atom. The van der Waals surface area contributed by atoms with Gasteiger partial charge in [0.2, 0.25) is 11.8 Å². The smallest absolute Gasteiger partial charge is 0.255 e. The van der Waals surface area contributed by atoms with Gasteiger partial charge >= 0.3 is 0 Å². The lowest BCUT2D eigenvalue weighted by Gasteiger charge is -2.29. The van der Waals surface area contributed by atoms with Crippen LogP contribution >= 0.6 is 0 Å². The summed E-state index contributed by atoms with van der Waals surface area (Å²) in [5.41, 5.74) is 8.16. The van der Waals surface area contributed by atoms with Crippen molar-refractivity contribution in [1.29, 1.82) is 0 Å². The van der Waals surface area contributed by atoms with E-state index in [-0.39, 0.29) is 18.2 Å². The topological polar surface area (TPSA) is 127 Å². The number of nitrogen functional groups attached to an aromatic ring is 1. The standard InChI is InChI=1S/C21H23N5O4/c22-18-10-14(6-7-24-18)30-9-8-23-11-13-2-1-3-15-16(13)12-26(21(15)29)17-4-5-19(27)25-20(17)28/h1-3,6-7,10,17,23H,4-5,8-9,11-12H2,(H2,22,24)(H,25,27,28). The maximum atomic E-state index is 12.8. The van der Waals surface area contributed by atoms with Crippen molar-refractivity contribution in [2.45, 2.75) is 32.0 Å². The van der Waals surface area contributed by atoms with Crippen LogP contribution in [0.3, 0.4) is 0 Å². The second kappa shape index (κ2) is 8.50. The fourth-order valence-corrected chi connectivity index (χ4v) is 3.80. The molecular formula is C21H23N5O4. The molecule has 0 spiro atoms. The van der Waals surface area contributed by atoms with E-state index in [9.17, 15) is 14.4 Å². The SMILES string of the molecule is Nc1cc(OCCNCc2cccc3c2CN(C2CCC(=O)NC2=O)C3=O)ccn1. The second-order valence-electron chi connectivity index (χ2n) is 7.28. The third-order valence-corrected chi connectivity index (χ3v) is 5.29. The number of aromatic nitrogens is 1. The van der Waals surface area contributed by atoms with E-state index in [1.54, 1.807) is 29.3 Å². The number of hydrogen-bond acceptors (Lipinski definition) is 7. The zero-order valence-electron chi connectivity index (χ0n) is 16.4. The molecule has 30 heavy (non-hydrogen) atoms. The van der Waals surface area contributed by atoms with Crippen LogP contribution in [-0.4, -0.2) is 46.8 Å². The number of benzene rings is 1. The van der Waals surface area contributed by atoms with Crippen molar-refractivity contribution in [1.82, 2.24) is 20.5 Å². The fourth-order valence-electron chi connectivity index (χ4n) is 3.80. The van der Waals surface area contributed by atoms with Crippen LogP contribution < -0.4 is 21.1 Å². The predicted octanol–water partition coefficient (Wildman–Crippen LogP) is 0.593. The monoisotopic (exact) mass is 409 g/mol. The van der Waals surface area contributed by atoms with Crippen molar-refractivity contribution < 1.29 is 19.1 Å². The minimum Gasteiger partial charge on any atom is -0.492 e. The minimum atomic E-state index is -0.607. The number of pyridine rings is 1. The summed E-state index contributed by atoms with van der Waals surface area (Å²) in [4.78, 5) is 41.9. The molecule has 0 radical (unpaired) electrons. The molecule has 9 nitrogen and oxygen atoms in total.